The van der Waals surface area contributed by atoms with E-state index in [0.717, 1.165) is 49.1 Å². The number of fused-ring (bicyclic) bond motifs is 2. The van der Waals surface area contributed by atoms with Crippen molar-refractivity contribution in [1.29, 1.82) is 0 Å². The Bertz CT molecular complexity index is 1460. The third-order valence-electron chi connectivity index (χ3n) is 8.41. The van der Waals surface area contributed by atoms with Crippen LogP contribution in [0.1, 0.15) is 29.5 Å². The number of aryl methyl sites for hydroxylation is 2. The summed E-state index contributed by atoms with van der Waals surface area (Å²) in [6.45, 7) is 5.99. The standard InChI is InChI=1S/C32H36F2N4O4/c1-20-12-24(4-5-26(20)33)37-32-25-13-23(22(14-28(25)35-19-36-32)3-2-21-7-9-40-18-21)15-29(39)27(34)6-8-38-16-30-31(17-38)42-11-10-41-30/h4-6,12-14,19,21,30-31H,2-3,7-11,15-18H2,1H3,(H,35,36,37)/b27-6-/t21-,30-,31-/m0/s1. The minimum absolute atomic E-state index is 0.000173. The highest BCUT2D eigenvalue weighted by Gasteiger charge is 2.36. The van der Waals surface area contributed by atoms with Gasteiger partial charge in [-0.1, -0.05) is 0 Å². The zero-order valence-corrected chi connectivity index (χ0v) is 23.8. The highest BCUT2D eigenvalue weighted by atomic mass is 19.1. The van der Waals surface area contributed by atoms with E-state index in [-0.39, 0.29) is 24.4 Å². The maximum absolute atomic E-state index is 15.2. The summed E-state index contributed by atoms with van der Waals surface area (Å²) in [5.74, 6) is -0.601. The van der Waals surface area contributed by atoms with Crippen molar-refractivity contribution in [2.75, 3.05) is 51.4 Å². The lowest BCUT2D eigenvalue weighted by Gasteiger charge is -2.24. The summed E-state index contributed by atoms with van der Waals surface area (Å²) >= 11 is 0. The lowest BCUT2D eigenvalue weighted by Crippen LogP contribution is -2.36. The molecule has 0 bridgehead atoms. The molecule has 10 heteroatoms. The van der Waals surface area contributed by atoms with E-state index in [1.807, 2.05) is 17.0 Å². The summed E-state index contributed by atoms with van der Waals surface area (Å²) in [4.78, 5) is 24.1. The van der Waals surface area contributed by atoms with E-state index in [1.54, 1.807) is 19.1 Å². The van der Waals surface area contributed by atoms with Gasteiger partial charge in [0.25, 0.3) is 0 Å². The molecule has 1 N–H and O–H groups in total. The van der Waals surface area contributed by atoms with Gasteiger partial charge in [-0.05, 0) is 85.2 Å². The summed E-state index contributed by atoms with van der Waals surface area (Å²) < 4.78 is 46.0. The third-order valence-corrected chi connectivity index (χ3v) is 8.41. The highest BCUT2D eigenvalue weighted by Crippen LogP contribution is 2.30. The Morgan fingerprint density at radius 1 is 1.10 bits per heavy atom. The van der Waals surface area contributed by atoms with Gasteiger partial charge >= 0.3 is 0 Å². The molecule has 42 heavy (non-hydrogen) atoms. The third kappa shape index (κ3) is 6.67. The summed E-state index contributed by atoms with van der Waals surface area (Å²) in [6, 6.07) is 8.62. The molecule has 3 saturated heterocycles. The maximum Gasteiger partial charge on any atom is 0.195 e. The first-order valence-corrected chi connectivity index (χ1v) is 14.6. The molecule has 3 aromatic rings. The molecule has 3 aliphatic rings. The number of ketones is 1. The van der Waals surface area contributed by atoms with Crippen LogP contribution in [0, 0.1) is 18.7 Å². The van der Waals surface area contributed by atoms with E-state index in [1.165, 1.54) is 18.5 Å². The molecule has 0 radical (unpaired) electrons. The molecule has 0 aliphatic carbocycles. The summed E-state index contributed by atoms with van der Waals surface area (Å²) in [7, 11) is 0. The smallest absolute Gasteiger partial charge is 0.195 e. The van der Waals surface area contributed by atoms with Crippen LogP contribution in [-0.2, 0) is 31.8 Å². The summed E-state index contributed by atoms with van der Waals surface area (Å²) in [6.07, 6.45) is 5.43. The number of aromatic nitrogens is 2. The second-order valence-electron chi connectivity index (χ2n) is 11.4. The van der Waals surface area contributed by atoms with Crippen molar-refractivity contribution >= 4 is 28.2 Å². The summed E-state index contributed by atoms with van der Waals surface area (Å²) in [5.41, 5.74) is 3.63. The van der Waals surface area contributed by atoms with Gasteiger partial charge in [0.15, 0.2) is 11.6 Å². The highest BCUT2D eigenvalue weighted by molar-refractivity contribution is 5.97. The monoisotopic (exact) mass is 578 g/mol. The Morgan fingerprint density at radius 2 is 1.90 bits per heavy atom. The molecule has 0 amide bonds. The number of Topliss-reactive ketones (excluding diaryl/α,β-unsaturated/α-hetero) is 1. The molecule has 222 valence electrons. The fourth-order valence-corrected chi connectivity index (χ4v) is 5.99. The van der Waals surface area contributed by atoms with Crippen molar-refractivity contribution in [2.24, 2.45) is 5.92 Å². The van der Waals surface area contributed by atoms with E-state index < -0.39 is 11.6 Å². The number of halogens is 2. The first-order valence-electron chi connectivity index (χ1n) is 14.6. The molecular weight excluding hydrogens is 542 g/mol. The minimum Gasteiger partial charge on any atom is -0.381 e. The van der Waals surface area contributed by atoms with Crippen molar-refractivity contribution < 1.29 is 27.8 Å². The molecule has 3 aliphatic heterocycles. The first kappa shape index (κ1) is 28.8. The molecule has 8 nitrogen and oxygen atoms in total. The van der Waals surface area contributed by atoms with E-state index in [2.05, 4.69) is 15.3 Å². The fourth-order valence-electron chi connectivity index (χ4n) is 5.99. The average molecular weight is 579 g/mol. The zero-order valence-electron chi connectivity index (χ0n) is 23.8. The number of allylic oxidation sites excluding steroid dienone is 1. The van der Waals surface area contributed by atoms with Crippen molar-refractivity contribution in [2.45, 2.75) is 44.8 Å². The molecule has 3 fully saturated rings. The van der Waals surface area contributed by atoms with Crippen molar-refractivity contribution in [1.82, 2.24) is 14.9 Å². The number of ether oxygens (including phenoxy) is 3. The number of rotatable bonds is 10. The fraction of sp³-hybridized carbons (Fsp3) is 0.469. The molecule has 6 rings (SSSR count). The van der Waals surface area contributed by atoms with Gasteiger partial charge < -0.3 is 19.5 Å². The first-order chi connectivity index (χ1) is 20.4. The Hall–Kier alpha value is -3.31. The number of benzene rings is 2. The van der Waals surface area contributed by atoms with Crippen LogP contribution >= 0.6 is 0 Å². The largest absolute Gasteiger partial charge is 0.381 e. The van der Waals surface area contributed by atoms with E-state index >= 15 is 4.39 Å². The molecule has 0 unspecified atom stereocenters. The van der Waals surface area contributed by atoms with E-state index in [0.29, 0.717) is 61.2 Å². The van der Waals surface area contributed by atoms with Gasteiger partial charge in [-0.15, -0.1) is 0 Å². The number of hydrogen-bond acceptors (Lipinski definition) is 8. The quantitative estimate of drug-likeness (QED) is 0.342. The van der Waals surface area contributed by atoms with Crippen molar-refractivity contribution in [3.63, 3.8) is 0 Å². The second kappa shape index (κ2) is 12.9. The number of likely N-dealkylation sites (tertiary alicyclic amines) is 1. The van der Waals surface area contributed by atoms with Gasteiger partial charge in [0.1, 0.15) is 18.0 Å². The maximum atomic E-state index is 15.2. The lowest BCUT2D eigenvalue weighted by atomic mass is 9.92. The topological polar surface area (TPSA) is 85.8 Å². The van der Waals surface area contributed by atoms with Crippen LogP contribution in [0.4, 0.5) is 20.3 Å². The van der Waals surface area contributed by atoms with Gasteiger partial charge in [0.05, 0.1) is 30.9 Å². The number of nitrogens with one attached hydrogen (secondary N) is 1. The lowest BCUT2D eigenvalue weighted by molar-refractivity contribution is -0.116. The number of carbonyl (C=O) groups excluding carboxylic acids is 1. The van der Waals surface area contributed by atoms with Crippen LogP contribution in [0.3, 0.4) is 0 Å². The van der Waals surface area contributed by atoms with Gasteiger partial charge in [0, 0.05) is 50.3 Å². The van der Waals surface area contributed by atoms with Crippen LogP contribution in [0.5, 0.6) is 0 Å². The Labute approximate surface area is 244 Å². The number of hydrogen-bond donors (Lipinski definition) is 1. The van der Waals surface area contributed by atoms with Crippen LogP contribution < -0.4 is 5.32 Å². The zero-order chi connectivity index (χ0) is 29.1. The van der Waals surface area contributed by atoms with Crippen molar-refractivity contribution in [3.8, 4) is 0 Å². The van der Waals surface area contributed by atoms with Gasteiger partial charge in [0.2, 0.25) is 0 Å². The van der Waals surface area contributed by atoms with Gasteiger partial charge in [-0.3, -0.25) is 9.69 Å². The molecule has 0 spiro atoms. The molecular formula is C32H36F2N4O4. The van der Waals surface area contributed by atoms with E-state index in [4.69, 9.17) is 14.2 Å². The molecule has 1 aromatic heterocycles. The van der Waals surface area contributed by atoms with Crippen LogP contribution in [0.15, 0.2) is 48.6 Å². The molecule has 2 aromatic carbocycles. The second-order valence-corrected chi connectivity index (χ2v) is 11.4. The van der Waals surface area contributed by atoms with Crippen LogP contribution in [0.2, 0.25) is 0 Å². The molecule has 4 heterocycles. The number of anilines is 2. The van der Waals surface area contributed by atoms with Crippen LogP contribution in [0.25, 0.3) is 10.9 Å². The molecule has 3 atom stereocenters. The van der Waals surface area contributed by atoms with Gasteiger partial charge in [-0.25, -0.2) is 18.7 Å². The average Bonchev–Trinajstić information content (AvgIpc) is 3.67. The number of carbonyl (C=O) groups is 1. The number of nitrogens with zero attached hydrogens (tertiary/aromatic N) is 3. The van der Waals surface area contributed by atoms with Crippen LogP contribution in [-0.4, -0.2) is 78.9 Å². The van der Waals surface area contributed by atoms with Crippen molar-refractivity contribution in [3.05, 3.63) is 71.1 Å². The summed E-state index contributed by atoms with van der Waals surface area (Å²) in [5, 5.41) is 3.96. The SMILES string of the molecule is Cc1cc(Nc2ncnc3cc(CC[C@H]4CCOC4)c(CC(=O)/C(F)=C/CN4C[C@@H]5OCCO[C@H]5C4)cc23)ccc1F. The van der Waals surface area contributed by atoms with Gasteiger partial charge in [-0.2, -0.15) is 0 Å². The van der Waals surface area contributed by atoms with E-state index in [9.17, 15) is 9.18 Å². The normalized spacial score (nSPS) is 22.9. The predicted octanol–water partition coefficient (Wildman–Crippen LogP) is 4.85. The Balaban J connectivity index is 1.23. The Kier molecular flexibility index (Phi) is 8.85. The Morgan fingerprint density at radius 3 is 2.64 bits per heavy atom. The predicted molar refractivity (Wildman–Crippen MR) is 155 cm³/mol. The molecule has 0 saturated carbocycles. The minimum atomic E-state index is -0.744.